The van der Waals surface area contributed by atoms with Gasteiger partial charge in [-0.15, -0.1) is 0 Å². The molecule has 0 N–H and O–H groups in total. The molecular weight excluding hydrogens is 300 g/mol. The zero-order valence-electron chi connectivity index (χ0n) is 11.3. The first-order valence-corrected chi connectivity index (χ1v) is 7.04. The molecule has 5 heteroatoms. The van der Waals surface area contributed by atoms with Crippen molar-refractivity contribution in [3.05, 3.63) is 59.2 Å². The minimum Gasteiger partial charge on any atom is -0.436 e. The van der Waals surface area contributed by atoms with Gasteiger partial charge < -0.3 is 4.42 Å². The normalized spacial score (nSPS) is 11.1. The molecule has 0 aliphatic heterocycles. The van der Waals surface area contributed by atoms with Crippen molar-refractivity contribution >= 4 is 39.9 Å². The molecule has 0 saturated carbocycles. The van der Waals surface area contributed by atoms with Gasteiger partial charge in [0, 0.05) is 5.39 Å². The number of carbonyl (C=O) groups is 1. The highest BCUT2D eigenvalue weighted by Gasteiger charge is 2.14. The maximum atomic E-state index is 11.0. The van der Waals surface area contributed by atoms with Crippen molar-refractivity contribution in [2.45, 2.75) is 0 Å². The van der Waals surface area contributed by atoms with Gasteiger partial charge in [-0.2, -0.15) is 0 Å². The maximum Gasteiger partial charge on any atom is 0.229 e. The number of benzene rings is 2. The molecular formula is C17H9ClN2O2. The summed E-state index contributed by atoms with van der Waals surface area (Å²) in [5, 5.41) is 0.984. The lowest BCUT2D eigenvalue weighted by molar-refractivity contribution is 0.112. The summed E-state index contributed by atoms with van der Waals surface area (Å²) in [5.41, 5.74) is 3.26. The average Bonchev–Trinajstić information content (AvgIpc) is 2.97. The van der Waals surface area contributed by atoms with E-state index in [1.807, 2.05) is 42.5 Å². The summed E-state index contributed by atoms with van der Waals surface area (Å²) in [4.78, 5) is 19.8. The van der Waals surface area contributed by atoms with Crippen molar-refractivity contribution in [2.75, 3.05) is 0 Å². The molecule has 4 rings (SSSR count). The third-order valence-corrected chi connectivity index (χ3v) is 3.78. The summed E-state index contributed by atoms with van der Waals surface area (Å²) < 4.78 is 5.79. The van der Waals surface area contributed by atoms with Crippen molar-refractivity contribution < 1.29 is 9.21 Å². The largest absolute Gasteiger partial charge is 0.436 e. The lowest BCUT2D eigenvalue weighted by Crippen LogP contribution is -1.90. The molecule has 22 heavy (non-hydrogen) atoms. The molecule has 0 aliphatic rings. The van der Waals surface area contributed by atoms with E-state index in [-0.39, 0.29) is 5.15 Å². The SMILES string of the molecule is O=Cc1cc2cccc(-c3nc4ccccc4o3)c2nc1Cl. The lowest BCUT2D eigenvalue weighted by atomic mass is 10.1. The van der Waals surface area contributed by atoms with Crippen LogP contribution in [-0.2, 0) is 0 Å². The Kier molecular flexibility index (Phi) is 2.91. The minimum absolute atomic E-state index is 0.172. The van der Waals surface area contributed by atoms with Crippen LogP contribution in [0.1, 0.15) is 10.4 Å². The summed E-state index contributed by atoms with van der Waals surface area (Å²) in [6.45, 7) is 0. The fraction of sp³-hybridized carbons (Fsp3) is 0. The molecule has 0 aliphatic carbocycles. The van der Waals surface area contributed by atoms with Crippen molar-refractivity contribution in [3.8, 4) is 11.5 Å². The molecule has 2 aromatic carbocycles. The Morgan fingerprint density at radius 2 is 1.91 bits per heavy atom. The Bertz CT molecular complexity index is 991. The molecule has 0 spiro atoms. The van der Waals surface area contributed by atoms with Gasteiger partial charge >= 0.3 is 0 Å². The summed E-state index contributed by atoms with van der Waals surface area (Å²) >= 11 is 6.05. The number of aromatic nitrogens is 2. The van der Waals surface area contributed by atoms with Gasteiger partial charge in [-0.05, 0) is 24.3 Å². The molecule has 0 atom stereocenters. The van der Waals surface area contributed by atoms with Crippen LogP contribution in [0.5, 0.6) is 0 Å². The molecule has 2 heterocycles. The maximum absolute atomic E-state index is 11.0. The predicted molar refractivity (Wildman–Crippen MR) is 85.1 cm³/mol. The number of pyridine rings is 1. The lowest BCUT2D eigenvalue weighted by Gasteiger charge is -2.04. The van der Waals surface area contributed by atoms with Crippen LogP contribution in [0, 0.1) is 0 Å². The summed E-state index contributed by atoms with van der Waals surface area (Å²) in [7, 11) is 0. The van der Waals surface area contributed by atoms with Crippen LogP contribution in [0.25, 0.3) is 33.5 Å². The third-order valence-electron chi connectivity index (χ3n) is 3.48. The van der Waals surface area contributed by atoms with Gasteiger partial charge in [-0.25, -0.2) is 9.97 Å². The predicted octanol–water partition coefficient (Wildman–Crippen LogP) is 4.51. The van der Waals surface area contributed by atoms with Gasteiger partial charge in [0.05, 0.1) is 16.6 Å². The number of hydrogen-bond acceptors (Lipinski definition) is 4. The molecule has 0 bridgehead atoms. The summed E-state index contributed by atoms with van der Waals surface area (Å²) in [6, 6.07) is 14.9. The number of rotatable bonds is 2. The van der Waals surface area contributed by atoms with E-state index in [1.165, 1.54) is 0 Å². The molecule has 0 amide bonds. The second-order valence-electron chi connectivity index (χ2n) is 4.85. The van der Waals surface area contributed by atoms with E-state index >= 15 is 0 Å². The van der Waals surface area contributed by atoms with E-state index in [4.69, 9.17) is 16.0 Å². The van der Waals surface area contributed by atoms with Gasteiger partial charge in [0.25, 0.3) is 0 Å². The fourth-order valence-corrected chi connectivity index (χ4v) is 2.62. The van der Waals surface area contributed by atoms with E-state index in [9.17, 15) is 4.79 Å². The Balaban J connectivity index is 2.01. The van der Waals surface area contributed by atoms with Crippen molar-refractivity contribution in [3.63, 3.8) is 0 Å². The fourth-order valence-electron chi connectivity index (χ4n) is 2.44. The van der Waals surface area contributed by atoms with Crippen LogP contribution in [0.2, 0.25) is 5.15 Å². The number of carbonyl (C=O) groups excluding carboxylic acids is 1. The molecule has 2 aromatic heterocycles. The summed E-state index contributed by atoms with van der Waals surface area (Å²) in [6.07, 6.45) is 0.695. The highest BCUT2D eigenvalue weighted by atomic mass is 35.5. The van der Waals surface area contributed by atoms with Crippen molar-refractivity contribution in [2.24, 2.45) is 0 Å². The van der Waals surface area contributed by atoms with Crippen LogP contribution in [0.4, 0.5) is 0 Å². The number of fused-ring (bicyclic) bond motifs is 2. The molecule has 0 saturated heterocycles. The highest BCUT2D eigenvalue weighted by Crippen LogP contribution is 2.31. The molecule has 0 radical (unpaired) electrons. The van der Waals surface area contributed by atoms with Crippen molar-refractivity contribution in [1.29, 1.82) is 0 Å². The average molecular weight is 309 g/mol. The van der Waals surface area contributed by atoms with Crippen LogP contribution < -0.4 is 0 Å². The molecule has 4 nitrogen and oxygen atoms in total. The van der Waals surface area contributed by atoms with Gasteiger partial charge in [0.2, 0.25) is 5.89 Å². The number of hydrogen-bond donors (Lipinski definition) is 0. The first-order valence-electron chi connectivity index (χ1n) is 6.66. The second-order valence-corrected chi connectivity index (χ2v) is 5.21. The zero-order valence-corrected chi connectivity index (χ0v) is 12.0. The number of para-hydroxylation sites is 3. The molecule has 4 aromatic rings. The van der Waals surface area contributed by atoms with E-state index < -0.39 is 0 Å². The first kappa shape index (κ1) is 13.0. The van der Waals surface area contributed by atoms with Gasteiger partial charge in [-0.3, -0.25) is 4.79 Å². The number of nitrogens with zero attached hydrogens (tertiary/aromatic N) is 2. The summed E-state index contributed by atoms with van der Waals surface area (Å²) in [5.74, 6) is 0.481. The standard InChI is InChI=1S/C17H9ClN2O2/c18-16-11(9-21)8-10-4-3-5-12(15(10)20-16)17-19-13-6-1-2-7-14(13)22-17/h1-9H. The molecule has 0 unspecified atom stereocenters. The Morgan fingerprint density at radius 1 is 1.05 bits per heavy atom. The zero-order chi connectivity index (χ0) is 15.1. The van der Waals surface area contributed by atoms with E-state index in [1.54, 1.807) is 6.07 Å². The third kappa shape index (κ3) is 1.96. The topological polar surface area (TPSA) is 56.0 Å². The van der Waals surface area contributed by atoms with E-state index in [0.29, 0.717) is 28.8 Å². The monoisotopic (exact) mass is 308 g/mol. The van der Waals surface area contributed by atoms with Crippen LogP contribution in [-0.4, -0.2) is 16.3 Å². The number of oxazole rings is 1. The molecule has 0 fully saturated rings. The van der Waals surface area contributed by atoms with Crippen LogP contribution >= 0.6 is 11.6 Å². The Morgan fingerprint density at radius 3 is 2.73 bits per heavy atom. The van der Waals surface area contributed by atoms with E-state index in [0.717, 1.165) is 16.5 Å². The van der Waals surface area contributed by atoms with Gasteiger partial charge in [0.15, 0.2) is 11.9 Å². The van der Waals surface area contributed by atoms with Gasteiger partial charge in [0.1, 0.15) is 10.7 Å². The quantitative estimate of drug-likeness (QED) is 0.404. The van der Waals surface area contributed by atoms with Crippen LogP contribution in [0.15, 0.2) is 52.9 Å². The number of halogens is 1. The minimum atomic E-state index is 0.172. The van der Waals surface area contributed by atoms with Crippen LogP contribution in [0.3, 0.4) is 0 Å². The van der Waals surface area contributed by atoms with E-state index in [2.05, 4.69) is 9.97 Å². The molecule has 106 valence electrons. The Labute approximate surface area is 130 Å². The van der Waals surface area contributed by atoms with Crippen molar-refractivity contribution in [1.82, 2.24) is 9.97 Å². The first-order chi connectivity index (χ1) is 10.8. The highest BCUT2D eigenvalue weighted by molar-refractivity contribution is 6.32. The Hall–Kier alpha value is -2.72. The number of aldehydes is 1. The van der Waals surface area contributed by atoms with Gasteiger partial charge in [-0.1, -0.05) is 35.9 Å². The second kappa shape index (κ2) is 4.93. The smallest absolute Gasteiger partial charge is 0.229 e.